The average molecular weight is 240 g/mol. The molecule has 0 unspecified atom stereocenters. The summed E-state index contributed by atoms with van der Waals surface area (Å²) in [5, 5.41) is 0.943. The molecular weight excluding hydrogens is 220 g/mol. The molecule has 1 heterocycles. The number of hydrogen-bond donors (Lipinski definition) is 2. The van der Waals surface area contributed by atoms with Crippen molar-refractivity contribution in [1.29, 1.82) is 0 Å². The smallest absolute Gasteiger partial charge is 0.147 e. The molecule has 0 aliphatic carbocycles. The van der Waals surface area contributed by atoms with Crippen molar-refractivity contribution < 1.29 is 0 Å². The van der Waals surface area contributed by atoms with E-state index in [9.17, 15) is 0 Å². The van der Waals surface area contributed by atoms with E-state index in [0.717, 1.165) is 30.4 Å². The minimum atomic E-state index is 0.424. The van der Waals surface area contributed by atoms with Crippen molar-refractivity contribution in [3.05, 3.63) is 12.1 Å². The second-order valence-corrected chi connectivity index (χ2v) is 4.61. The Balaban J connectivity index is 2.40. The quantitative estimate of drug-likeness (QED) is 0.740. The summed E-state index contributed by atoms with van der Waals surface area (Å²) < 4.78 is 0. The Morgan fingerprint density at radius 1 is 1.25 bits per heavy atom. The monoisotopic (exact) mass is 240 g/mol. The molecule has 0 amide bonds. The molecule has 1 aromatic heterocycles. The summed E-state index contributed by atoms with van der Waals surface area (Å²) in [6.07, 6.45) is 0. The van der Waals surface area contributed by atoms with Crippen LogP contribution in [0, 0.1) is 0 Å². The van der Waals surface area contributed by atoms with Gasteiger partial charge >= 0.3 is 0 Å². The van der Waals surface area contributed by atoms with Crippen LogP contribution in [-0.4, -0.2) is 35.3 Å². The zero-order chi connectivity index (χ0) is 12.0. The molecule has 0 saturated heterocycles. The fourth-order valence-corrected chi connectivity index (χ4v) is 2.25. The number of rotatable bonds is 6. The van der Waals surface area contributed by atoms with Gasteiger partial charge in [-0.3, -0.25) is 0 Å². The first-order chi connectivity index (χ1) is 7.67. The maximum atomic E-state index is 5.64. The fourth-order valence-electron chi connectivity index (χ4n) is 1.37. The van der Waals surface area contributed by atoms with E-state index in [4.69, 9.17) is 11.5 Å². The molecule has 5 heteroatoms. The van der Waals surface area contributed by atoms with Crippen LogP contribution in [0.2, 0.25) is 0 Å². The first kappa shape index (κ1) is 13.1. The fraction of sp³-hybridized carbons (Fsp3) is 0.545. The minimum absolute atomic E-state index is 0.424. The molecule has 0 atom stereocenters. The summed E-state index contributed by atoms with van der Waals surface area (Å²) >= 11 is 1.71. The maximum Gasteiger partial charge on any atom is 0.147 e. The van der Waals surface area contributed by atoms with E-state index < -0.39 is 0 Å². The first-order valence-electron chi connectivity index (χ1n) is 5.54. The third-order valence-corrected chi connectivity index (χ3v) is 3.39. The van der Waals surface area contributed by atoms with Crippen molar-refractivity contribution in [2.45, 2.75) is 18.9 Å². The summed E-state index contributed by atoms with van der Waals surface area (Å²) in [7, 11) is 0. The molecule has 0 aromatic carbocycles. The van der Waals surface area contributed by atoms with E-state index >= 15 is 0 Å². The Kier molecular flexibility index (Phi) is 5.42. The van der Waals surface area contributed by atoms with Crippen LogP contribution >= 0.6 is 11.8 Å². The normalized spacial score (nSPS) is 10.9. The SMILES string of the molecule is CCN(CC)CCSc1ccc(N)c(N)n1. The van der Waals surface area contributed by atoms with E-state index in [2.05, 4.69) is 23.7 Å². The van der Waals surface area contributed by atoms with Gasteiger partial charge in [-0.2, -0.15) is 0 Å². The average Bonchev–Trinajstić information content (AvgIpc) is 2.29. The zero-order valence-electron chi connectivity index (χ0n) is 9.94. The summed E-state index contributed by atoms with van der Waals surface area (Å²) in [5.41, 5.74) is 11.8. The van der Waals surface area contributed by atoms with Crippen LogP contribution in [0.3, 0.4) is 0 Å². The third-order valence-electron chi connectivity index (χ3n) is 2.48. The standard InChI is InChI=1S/C11H20N4S/c1-3-15(4-2)7-8-16-10-6-5-9(12)11(13)14-10/h5-6H,3-4,7-8,12H2,1-2H3,(H2,13,14). The number of thioether (sulfide) groups is 1. The Bertz CT molecular complexity index is 326. The first-order valence-corrected chi connectivity index (χ1v) is 6.53. The molecule has 0 spiro atoms. The molecule has 4 nitrogen and oxygen atoms in total. The molecule has 0 aliphatic rings. The van der Waals surface area contributed by atoms with Gasteiger partial charge in [0.1, 0.15) is 5.82 Å². The lowest BCUT2D eigenvalue weighted by Crippen LogP contribution is -2.25. The number of aromatic nitrogens is 1. The highest BCUT2D eigenvalue weighted by atomic mass is 32.2. The van der Waals surface area contributed by atoms with Gasteiger partial charge in [0.2, 0.25) is 0 Å². The maximum absolute atomic E-state index is 5.64. The molecule has 1 aromatic rings. The van der Waals surface area contributed by atoms with E-state index in [1.165, 1.54) is 0 Å². The summed E-state index contributed by atoms with van der Waals surface area (Å²) in [5.74, 6) is 1.45. The molecule has 4 N–H and O–H groups in total. The van der Waals surface area contributed by atoms with Crippen LogP contribution in [0.15, 0.2) is 17.2 Å². The number of nitrogens with two attached hydrogens (primary N) is 2. The highest BCUT2D eigenvalue weighted by Crippen LogP contribution is 2.20. The Hall–Kier alpha value is -0.940. The van der Waals surface area contributed by atoms with Crippen LogP contribution in [0.25, 0.3) is 0 Å². The van der Waals surface area contributed by atoms with Crippen molar-refractivity contribution in [1.82, 2.24) is 9.88 Å². The Morgan fingerprint density at radius 3 is 2.50 bits per heavy atom. The molecule has 0 aliphatic heterocycles. The summed E-state index contributed by atoms with van der Waals surface area (Å²) in [6, 6.07) is 3.72. The van der Waals surface area contributed by atoms with Crippen molar-refractivity contribution in [2.75, 3.05) is 36.9 Å². The van der Waals surface area contributed by atoms with Gasteiger partial charge in [0.15, 0.2) is 0 Å². The second kappa shape index (κ2) is 6.60. The number of hydrogen-bond acceptors (Lipinski definition) is 5. The van der Waals surface area contributed by atoms with Gasteiger partial charge in [-0.15, -0.1) is 11.8 Å². The van der Waals surface area contributed by atoms with Crippen LogP contribution in [-0.2, 0) is 0 Å². The Labute approximate surface area is 101 Å². The molecule has 16 heavy (non-hydrogen) atoms. The number of pyridine rings is 1. The predicted molar refractivity (Wildman–Crippen MR) is 71.6 cm³/mol. The molecular formula is C11H20N4S. The van der Waals surface area contributed by atoms with Crippen LogP contribution in [0.4, 0.5) is 11.5 Å². The van der Waals surface area contributed by atoms with E-state index in [1.54, 1.807) is 11.8 Å². The van der Waals surface area contributed by atoms with Gasteiger partial charge in [-0.25, -0.2) is 4.98 Å². The molecule has 0 fully saturated rings. The number of anilines is 2. The number of nitrogen functional groups attached to an aromatic ring is 2. The molecule has 0 saturated carbocycles. The van der Waals surface area contributed by atoms with Crippen molar-refractivity contribution in [2.24, 2.45) is 0 Å². The van der Waals surface area contributed by atoms with Gasteiger partial charge in [0.05, 0.1) is 10.7 Å². The van der Waals surface area contributed by atoms with Crippen molar-refractivity contribution >= 4 is 23.3 Å². The largest absolute Gasteiger partial charge is 0.396 e. The second-order valence-electron chi connectivity index (χ2n) is 3.50. The number of nitrogens with zero attached hydrogens (tertiary/aromatic N) is 2. The molecule has 0 bridgehead atoms. The Morgan fingerprint density at radius 2 is 1.94 bits per heavy atom. The third kappa shape index (κ3) is 3.90. The summed E-state index contributed by atoms with van der Waals surface area (Å²) in [6.45, 7) is 7.60. The lowest BCUT2D eigenvalue weighted by Gasteiger charge is -2.17. The van der Waals surface area contributed by atoms with E-state index in [0.29, 0.717) is 11.5 Å². The van der Waals surface area contributed by atoms with Crippen LogP contribution in [0.5, 0.6) is 0 Å². The minimum Gasteiger partial charge on any atom is -0.396 e. The highest BCUT2D eigenvalue weighted by Gasteiger charge is 2.02. The van der Waals surface area contributed by atoms with Gasteiger partial charge in [-0.1, -0.05) is 13.8 Å². The zero-order valence-corrected chi connectivity index (χ0v) is 10.8. The lowest BCUT2D eigenvalue weighted by atomic mass is 10.4. The van der Waals surface area contributed by atoms with Gasteiger partial charge in [0, 0.05) is 12.3 Å². The van der Waals surface area contributed by atoms with Crippen LogP contribution in [0.1, 0.15) is 13.8 Å². The van der Waals surface area contributed by atoms with Gasteiger partial charge < -0.3 is 16.4 Å². The molecule has 0 radical (unpaired) electrons. The predicted octanol–water partition coefficient (Wildman–Crippen LogP) is 1.68. The van der Waals surface area contributed by atoms with Crippen molar-refractivity contribution in [3.63, 3.8) is 0 Å². The summed E-state index contributed by atoms with van der Waals surface area (Å²) in [4.78, 5) is 6.60. The lowest BCUT2D eigenvalue weighted by molar-refractivity contribution is 0.324. The molecule has 1 rings (SSSR count). The van der Waals surface area contributed by atoms with Gasteiger partial charge in [0.25, 0.3) is 0 Å². The topological polar surface area (TPSA) is 68.2 Å². The van der Waals surface area contributed by atoms with Gasteiger partial charge in [-0.05, 0) is 25.2 Å². The molecule has 90 valence electrons. The van der Waals surface area contributed by atoms with Crippen molar-refractivity contribution in [3.8, 4) is 0 Å². The van der Waals surface area contributed by atoms with Crippen LogP contribution < -0.4 is 11.5 Å². The van der Waals surface area contributed by atoms with E-state index in [-0.39, 0.29) is 0 Å². The highest BCUT2D eigenvalue weighted by molar-refractivity contribution is 7.99. The van der Waals surface area contributed by atoms with E-state index in [1.807, 2.05) is 12.1 Å².